The summed E-state index contributed by atoms with van der Waals surface area (Å²) in [4.78, 5) is 11.9. The first-order valence-corrected chi connectivity index (χ1v) is 6.03. The van der Waals surface area contributed by atoms with Gasteiger partial charge in [0, 0.05) is 5.56 Å². The van der Waals surface area contributed by atoms with Crippen LogP contribution in [0, 0.1) is 0 Å². The van der Waals surface area contributed by atoms with E-state index in [-0.39, 0.29) is 5.78 Å². The highest BCUT2D eigenvalue weighted by atomic mass is 16.1. The Balaban J connectivity index is 2.54. The molecule has 0 aliphatic carbocycles. The molecular weight excluding hydrogens is 198 g/mol. The predicted octanol–water partition coefficient (Wildman–Crippen LogP) is 2.75. The van der Waals surface area contributed by atoms with E-state index < -0.39 is 0 Å². The Morgan fingerprint density at radius 2 is 1.69 bits per heavy atom. The number of quaternary nitrogens is 1. The zero-order valence-corrected chi connectivity index (χ0v) is 10.6. The fourth-order valence-corrected chi connectivity index (χ4v) is 1.68. The molecule has 0 aromatic heterocycles. The Labute approximate surface area is 98.5 Å². The number of hydrogen-bond donors (Lipinski definition) is 0. The molecule has 16 heavy (non-hydrogen) atoms. The second-order valence-electron chi connectivity index (χ2n) is 4.51. The van der Waals surface area contributed by atoms with Crippen LogP contribution in [0.4, 0.5) is 0 Å². The second kappa shape index (κ2) is 5.80. The van der Waals surface area contributed by atoms with Crippen LogP contribution in [0.1, 0.15) is 30.6 Å². The minimum absolute atomic E-state index is 0.256. The van der Waals surface area contributed by atoms with Gasteiger partial charge in [-0.3, -0.25) is 4.79 Å². The minimum atomic E-state index is 0.256. The molecule has 0 radical (unpaired) electrons. The highest BCUT2D eigenvalue weighted by Crippen LogP contribution is 2.08. The quantitative estimate of drug-likeness (QED) is 0.532. The topological polar surface area (TPSA) is 17.1 Å². The smallest absolute Gasteiger partial charge is 0.168 e. The van der Waals surface area contributed by atoms with Crippen LogP contribution in [0.15, 0.2) is 30.3 Å². The first kappa shape index (κ1) is 12.9. The number of hydrogen-bond acceptors (Lipinski definition) is 1. The van der Waals surface area contributed by atoms with E-state index in [2.05, 4.69) is 20.9 Å². The third-order valence-electron chi connectivity index (χ3n) is 3.50. The van der Waals surface area contributed by atoms with E-state index in [0.717, 1.165) is 29.7 Å². The minimum Gasteiger partial charge on any atom is -0.326 e. The average Bonchev–Trinajstić information content (AvgIpc) is 2.36. The lowest BCUT2D eigenvalue weighted by Crippen LogP contribution is -2.44. The first-order chi connectivity index (χ1) is 7.61. The molecule has 0 amide bonds. The summed E-state index contributed by atoms with van der Waals surface area (Å²) < 4.78 is 0.971. The highest BCUT2D eigenvalue weighted by Gasteiger charge is 2.18. The van der Waals surface area contributed by atoms with E-state index >= 15 is 0 Å². The first-order valence-electron chi connectivity index (χ1n) is 6.03. The van der Waals surface area contributed by atoms with Crippen LogP contribution < -0.4 is 0 Å². The summed E-state index contributed by atoms with van der Waals surface area (Å²) in [6.07, 6.45) is 0.641. The normalized spacial score (nSPS) is 11.4. The molecule has 1 aromatic rings. The number of Topliss-reactive ketones (excluding diaryl/α,β-unsaturated/α-hetero) is 1. The molecule has 0 N–H and O–H groups in total. The average molecular weight is 220 g/mol. The van der Waals surface area contributed by atoms with Gasteiger partial charge in [-0.05, 0) is 13.8 Å². The molecule has 88 valence electrons. The molecule has 0 heterocycles. The molecule has 0 aliphatic heterocycles. The molecule has 0 saturated heterocycles. The summed E-state index contributed by atoms with van der Waals surface area (Å²) in [5.74, 6) is 0.256. The van der Waals surface area contributed by atoms with Crippen molar-refractivity contribution >= 4 is 5.78 Å². The van der Waals surface area contributed by atoms with Gasteiger partial charge >= 0.3 is 0 Å². The molecule has 0 aliphatic rings. The molecule has 2 heteroatoms. The summed E-state index contributed by atoms with van der Waals surface area (Å²) in [7, 11) is 2.21. The largest absolute Gasteiger partial charge is 0.326 e. The Kier molecular flexibility index (Phi) is 4.69. The van der Waals surface area contributed by atoms with Crippen molar-refractivity contribution in [3.8, 4) is 0 Å². The molecule has 1 aromatic carbocycles. The number of carbonyl (C=O) groups excluding carboxylic acids is 1. The van der Waals surface area contributed by atoms with E-state index in [1.807, 2.05) is 30.3 Å². The Morgan fingerprint density at radius 1 is 1.12 bits per heavy atom. The summed E-state index contributed by atoms with van der Waals surface area (Å²) in [5.41, 5.74) is 0.834. The Bertz CT molecular complexity index is 328. The molecule has 0 saturated carbocycles. The monoisotopic (exact) mass is 220 g/mol. The third-order valence-corrected chi connectivity index (χ3v) is 3.50. The third kappa shape index (κ3) is 3.46. The molecule has 0 unspecified atom stereocenters. The van der Waals surface area contributed by atoms with Crippen molar-refractivity contribution in [1.29, 1.82) is 0 Å². The number of benzene rings is 1. The van der Waals surface area contributed by atoms with Crippen molar-refractivity contribution in [1.82, 2.24) is 0 Å². The van der Waals surface area contributed by atoms with Crippen molar-refractivity contribution in [3.05, 3.63) is 35.9 Å². The van der Waals surface area contributed by atoms with Crippen LogP contribution in [-0.2, 0) is 0 Å². The molecule has 0 fully saturated rings. The van der Waals surface area contributed by atoms with Gasteiger partial charge in [0.25, 0.3) is 0 Å². The summed E-state index contributed by atoms with van der Waals surface area (Å²) in [6.45, 7) is 7.45. The molecule has 0 spiro atoms. The molecule has 0 bridgehead atoms. The molecule has 1 rings (SSSR count). The van der Waals surface area contributed by atoms with Gasteiger partial charge in [-0.25, -0.2) is 0 Å². The van der Waals surface area contributed by atoms with Gasteiger partial charge < -0.3 is 4.48 Å². The molecule has 2 nitrogen and oxygen atoms in total. The maximum Gasteiger partial charge on any atom is 0.168 e. The van der Waals surface area contributed by atoms with E-state index in [1.165, 1.54) is 0 Å². The van der Waals surface area contributed by atoms with Crippen molar-refractivity contribution in [2.75, 3.05) is 26.7 Å². The van der Waals surface area contributed by atoms with Gasteiger partial charge in [0.2, 0.25) is 0 Å². The van der Waals surface area contributed by atoms with Crippen LogP contribution in [0.2, 0.25) is 0 Å². The van der Waals surface area contributed by atoms with Crippen LogP contribution in [0.5, 0.6) is 0 Å². The van der Waals surface area contributed by atoms with Gasteiger partial charge in [-0.15, -0.1) is 0 Å². The maximum absolute atomic E-state index is 11.9. The van der Waals surface area contributed by atoms with E-state index in [0.29, 0.717) is 6.42 Å². The lowest BCUT2D eigenvalue weighted by molar-refractivity contribution is -0.905. The zero-order chi connectivity index (χ0) is 12.0. The Morgan fingerprint density at radius 3 is 2.19 bits per heavy atom. The van der Waals surface area contributed by atoms with Crippen LogP contribution in [0.25, 0.3) is 0 Å². The number of ketones is 1. The van der Waals surface area contributed by atoms with Gasteiger partial charge in [0.05, 0.1) is 33.1 Å². The van der Waals surface area contributed by atoms with Crippen LogP contribution in [0.3, 0.4) is 0 Å². The fourth-order valence-electron chi connectivity index (χ4n) is 1.68. The standard InChI is InChI=1S/C14H22NO/c1-4-15(3,5-2)12-11-14(16)13-9-7-6-8-10-13/h6-10H,4-5,11-12H2,1-3H3/q+1. The lowest BCUT2D eigenvalue weighted by atomic mass is 10.1. The van der Waals surface area contributed by atoms with Crippen molar-refractivity contribution in [2.24, 2.45) is 0 Å². The number of carbonyl (C=O) groups is 1. The van der Waals surface area contributed by atoms with E-state index in [4.69, 9.17) is 0 Å². The van der Waals surface area contributed by atoms with Crippen LogP contribution >= 0.6 is 0 Å². The molecular formula is C14H22NO+. The number of rotatable bonds is 6. The fraction of sp³-hybridized carbons (Fsp3) is 0.500. The van der Waals surface area contributed by atoms with E-state index in [9.17, 15) is 4.79 Å². The van der Waals surface area contributed by atoms with Crippen molar-refractivity contribution in [2.45, 2.75) is 20.3 Å². The Hall–Kier alpha value is -1.15. The second-order valence-corrected chi connectivity index (χ2v) is 4.51. The number of nitrogens with zero attached hydrogens (tertiary/aromatic N) is 1. The molecule has 0 atom stereocenters. The van der Waals surface area contributed by atoms with Gasteiger partial charge in [0.1, 0.15) is 0 Å². The highest BCUT2D eigenvalue weighted by molar-refractivity contribution is 5.96. The van der Waals surface area contributed by atoms with Crippen molar-refractivity contribution < 1.29 is 9.28 Å². The SMILES string of the molecule is CC[N+](C)(CC)CCC(=O)c1ccccc1. The van der Waals surface area contributed by atoms with Gasteiger partial charge in [-0.1, -0.05) is 30.3 Å². The summed E-state index contributed by atoms with van der Waals surface area (Å²) in [5, 5.41) is 0. The maximum atomic E-state index is 11.9. The van der Waals surface area contributed by atoms with Gasteiger partial charge in [0.15, 0.2) is 5.78 Å². The summed E-state index contributed by atoms with van der Waals surface area (Å²) >= 11 is 0. The predicted molar refractivity (Wildman–Crippen MR) is 67.5 cm³/mol. The van der Waals surface area contributed by atoms with E-state index in [1.54, 1.807) is 0 Å². The van der Waals surface area contributed by atoms with Crippen molar-refractivity contribution in [3.63, 3.8) is 0 Å². The van der Waals surface area contributed by atoms with Crippen LogP contribution in [-0.4, -0.2) is 36.9 Å². The van der Waals surface area contributed by atoms with Gasteiger partial charge in [-0.2, -0.15) is 0 Å². The zero-order valence-electron chi connectivity index (χ0n) is 10.6. The lowest BCUT2D eigenvalue weighted by Gasteiger charge is -2.31. The summed E-state index contributed by atoms with van der Waals surface area (Å²) in [6, 6.07) is 9.56.